The third-order valence-electron chi connectivity index (χ3n) is 9.16. The number of nitrogen functional groups attached to an aromatic ring is 2. The second-order valence-corrected chi connectivity index (χ2v) is 13.3. The SMILES string of the molecule is Cc1ncc(COc2ccc(C(=N)N)cc2)c(CO)c1OCc1ccc(C(=N)N)cc1.[C-]#[N+]c1ccc(COc2c(C)ncc(COc3ccc(C#N)cc3)c2CO)cc1. The molecule has 0 aliphatic rings. The summed E-state index contributed by atoms with van der Waals surface area (Å²) in [6, 6.07) is 30.2. The summed E-state index contributed by atoms with van der Waals surface area (Å²) in [5.74, 6) is 2.29. The van der Waals surface area contributed by atoms with Gasteiger partial charge in [-0.2, -0.15) is 5.26 Å². The highest BCUT2D eigenvalue weighted by Crippen LogP contribution is 2.29. The van der Waals surface area contributed by atoms with E-state index >= 15 is 0 Å². The van der Waals surface area contributed by atoms with Crippen LogP contribution >= 0.6 is 0 Å². The highest BCUT2D eigenvalue weighted by atomic mass is 16.5. The van der Waals surface area contributed by atoms with E-state index in [0.717, 1.165) is 16.7 Å². The number of amidine groups is 2. The summed E-state index contributed by atoms with van der Waals surface area (Å²) in [7, 11) is 0. The lowest BCUT2D eigenvalue weighted by atomic mass is 10.1. The maximum absolute atomic E-state index is 9.97. The minimum atomic E-state index is -0.218. The lowest BCUT2D eigenvalue weighted by Gasteiger charge is -2.17. The van der Waals surface area contributed by atoms with Gasteiger partial charge in [0.2, 0.25) is 0 Å². The smallest absolute Gasteiger partial charge is 0.187 e. The molecule has 0 bridgehead atoms. The molecule has 2 heterocycles. The molecule has 0 radical (unpaired) electrons. The van der Waals surface area contributed by atoms with E-state index in [2.05, 4.69) is 20.9 Å². The fourth-order valence-corrected chi connectivity index (χ4v) is 5.77. The van der Waals surface area contributed by atoms with Gasteiger partial charge in [0.15, 0.2) is 5.69 Å². The number of aliphatic hydroxyl groups excluding tert-OH is 2. The van der Waals surface area contributed by atoms with Gasteiger partial charge < -0.3 is 40.6 Å². The third-order valence-corrected chi connectivity index (χ3v) is 9.16. The van der Waals surface area contributed by atoms with E-state index in [-0.39, 0.29) is 44.7 Å². The Balaban J connectivity index is 0.000000228. The molecule has 0 unspecified atom stereocenters. The molecule has 0 amide bonds. The number of hydrogen-bond donors (Lipinski definition) is 6. The molecule has 60 heavy (non-hydrogen) atoms. The predicted octanol–water partition coefficient (Wildman–Crippen LogP) is 7.07. The number of rotatable bonds is 16. The number of nitrogens with zero attached hydrogens (tertiary/aromatic N) is 4. The average Bonchev–Trinajstić information content (AvgIpc) is 3.27. The maximum Gasteiger partial charge on any atom is 0.187 e. The molecule has 8 N–H and O–H groups in total. The summed E-state index contributed by atoms with van der Waals surface area (Å²) in [6.45, 7) is 11.2. The zero-order chi connectivity index (χ0) is 43.0. The third kappa shape index (κ3) is 11.6. The van der Waals surface area contributed by atoms with Crippen LogP contribution in [0.15, 0.2) is 109 Å². The van der Waals surface area contributed by atoms with Crippen LogP contribution in [0.3, 0.4) is 0 Å². The van der Waals surface area contributed by atoms with E-state index in [0.29, 0.717) is 80.1 Å². The quantitative estimate of drug-likeness (QED) is 0.0329. The number of aromatic nitrogens is 2. The topological polar surface area (TPSA) is 231 Å². The first kappa shape index (κ1) is 43.3. The molecule has 304 valence electrons. The van der Waals surface area contributed by atoms with E-state index in [4.69, 9.17) is 53.1 Å². The molecule has 6 aromatic rings. The Bertz CT molecular complexity index is 2500. The number of hydrogen-bond acceptors (Lipinski definition) is 11. The molecule has 0 aliphatic carbocycles. The molecule has 6 rings (SSSR count). The van der Waals surface area contributed by atoms with Crippen LogP contribution in [0.5, 0.6) is 23.0 Å². The molecule has 0 saturated carbocycles. The second-order valence-electron chi connectivity index (χ2n) is 13.3. The molecule has 4 aromatic carbocycles. The van der Waals surface area contributed by atoms with Gasteiger partial charge in [-0.25, -0.2) is 4.85 Å². The van der Waals surface area contributed by atoms with Crippen LogP contribution in [0, 0.1) is 42.6 Å². The van der Waals surface area contributed by atoms with Crippen LogP contribution < -0.4 is 30.4 Å². The minimum absolute atomic E-state index is 0.00502. The van der Waals surface area contributed by atoms with Crippen molar-refractivity contribution in [2.45, 2.75) is 53.5 Å². The van der Waals surface area contributed by atoms with Crippen LogP contribution in [-0.4, -0.2) is 31.9 Å². The molecule has 0 fully saturated rings. The van der Waals surface area contributed by atoms with Crippen molar-refractivity contribution in [2.24, 2.45) is 11.5 Å². The largest absolute Gasteiger partial charge is 0.489 e. The van der Waals surface area contributed by atoms with Gasteiger partial charge in [0.25, 0.3) is 0 Å². The average molecular weight is 805 g/mol. The first-order chi connectivity index (χ1) is 29.0. The first-order valence-electron chi connectivity index (χ1n) is 18.5. The van der Waals surface area contributed by atoms with E-state index in [1.54, 1.807) is 85.2 Å². The number of nitrogens with two attached hydrogens (primary N) is 2. The van der Waals surface area contributed by atoms with Crippen molar-refractivity contribution >= 4 is 17.4 Å². The van der Waals surface area contributed by atoms with Crippen molar-refractivity contribution in [1.29, 1.82) is 16.1 Å². The zero-order valence-corrected chi connectivity index (χ0v) is 33.1. The number of nitrogens with one attached hydrogen (secondary N) is 2. The Hall–Kier alpha value is -7.78. The molecule has 14 nitrogen and oxygen atoms in total. The molecule has 14 heteroatoms. The monoisotopic (exact) mass is 804 g/mol. The van der Waals surface area contributed by atoms with Gasteiger partial charge in [-0.1, -0.05) is 48.5 Å². The van der Waals surface area contributed by atoms with Crippen molar-refractivity contribution in [2.75, 3.05) is 0 Å². The van der Waals surface area contributed by atoms with Crippen LogP contribution in [0.2, 0.25) is 0 Å². The van der Waals surface area contributed by atoms with E-state index in [1.807, 2.05) is 38.1 Å². The Morgan fingerprint density at radius 1 is 0.633 bits per heavy atom. The highest BCUT2D eigenvalue weighted by molar-refractivity contribution is 5.95. The summed E-state index contributed by atoms with van der Waals surface area (Å²) in [5.41, 5.74) is 19.2. The van der Waals surface area contributed by atoms with Crippen molar-refractivity contribution in [1.82, 2.24) is 9.97 Å². The summed E-state index contributed by atoms with van der Waals surface area (Å²) >= 11 is 0. The Morgan fingerprint density at radius 2 is 1.03 bits per heavy atom. The molecule has 0 spiro atoms. The number of ether oxygens (including phenoxy) is 4. The Kier molecular flexibility index (Phi) is 15.3. The minimum Gasteiger partial charge on any atom is -0.489 e. The molecule has 0 aliphatic heterocycles. The molecular weight excluding hydrogens is 761 g/mol. The fraction of sp³-hybridized carbons (Fsp3) is 0.174. The van der Waals surface area contributed by atoms with Crippen LogP contribution in [0.25, 0.3) is 4.85 Å². The first-order valence-corrected chi connectivity index (χ1v) is 18.5. The molecular formula is C46H44N8O6. The van der Waals surface area contributed by atoms with E-state index < -0.39 is 0 Å². The lowest BCUT2D eigenvalue weighted by molar-refractivity contribution is 0.247. The lowest BCUT2D eigenvalue weighted by Crippen LogP contribution is -2.11. The second kappa shape index (κ2) is 21.1. The zero-order valence-electron chi connectivity index (χ0n) is 33.1. The van der Waals surface area contributed by atoms with Gasteiger partial charge in [-0.15, -0.1) is 0 Å². The van der Waals surface area contributed by atoms with Crippen molar-refractivity contribution in [3.05, 3.63) is 182 Å². The standard InChI is InChI=1S/C23H25N5O3.C23H19N3O3/c1-14-21(31-12-15-2-4-16(5-3-15)22(24)25)20(11-29)18(10-28-14)13-30-19-8-6-17(7-9-19)23(26)27;1-16-23(29-14-18-3-7-20(25-2)8-4-18)22(13-27)19(12-26-16)15-28-21-9-5-17(11-24)6-10-21/h2-10,29H,11-13H2,1H3,(H3,24,25)(H3,26,27);3-10,12,27H,13-15H2,1H3. The van der Waals surface area contributed by atoms with Crippen molar-refractivity contribution in [3.63, 3.8) is 0 Å². The number of pyridine rings is 2. The van der Waals surface area contributed by atoms with Gasteiger partial charge in [0.05, 0.1) is 42.8 Å². The van der Waals surface area contributed by atoms with Gasteiger partial charge >= 0.3 is 0 Å². The van der Waals surface area contributed by atoms with Gasteiger partial charge in [0.1, 0.15) is 61.1 Å². The Morgan fingerprint density at radius 3 is 1.42 bits per heavy atom. The van der Waals surface area contributed by atoms with Gasteiger partial charge in [0, 0.05) is 45.8 Å². The number of benzene rings is 4. The highest BCUT2D eigenvalue weighted by Gasteiger charge is 2.16. The normalized spacial score (nSPS) is 10.3. The number of aryl methyl sites for hydroxylation is 2. The van der Waals surface area contributed by atoms with Crippen molar-refractivity contribution in [3.8, 4) is 29.1 Å². The number of nitriles is 1. The van der Waals surface area contributed by atoms with Gasteiger partial charge in [-0.3, -0.25) is 20.8 Å². The molecule has 0 saturated heterocycles. The van der Waals surface area contributed by atoms with E-state index in [1.165, 1.54) is 0 Å². The van der Waals surface area contributed by atoms with Crippen LogP contribution in [0.1, 0.15) is 61.5 Å². The predicted molar refractivity (Wildman–Crippen MR) is 226 cm³/mol. The van der Waals surface area contributed by atoms with Crippen LogP contribution in [-0.2, 0) is 39.6 Å². The van der Waals surface area contributed by atoms with Crippen LogP contribution in [0.4, 0.5) is 5.69 Å². The Labute approximate surface area is 348 Å². The van der Waals surface area contributed by atoms with Crippen molar-refractivity contribution < 1.29 is 29.2 Å². The summed E-state index contributed by atoms with van der Waals surface area (Å²) in [4.78, 5) is 12.1. The van der Waals surface area contributed by atoms with Gasteiger partial charge in [-0.05, 0) is 73.5 Å². The summed E-state index contributed by atoms with van der Waals surface area (Å²) in [5, 5.41) is 43.7. The van der Waals surface area contributed by atoms with E-state index in [9.17, 15) is 10.2 Å². The molecule has 2 aromatic heterocycles. The maximum atomic E-state index is 9.97. The molecule has 0 atom stereocenters. The fourth-order valence-electron chi connectivity index (χ4n) is 5.77. The summed E-state index contributed by atoms with van der Waals surface area (Å²) < 4.78 is 23.5. The number of aliphatic hydroxyl groups is 2. The summed E-state index contributed by atoms with van der Waals surface area (Å²) in [6.07, 6.45) is 3.33.